The first-order chi connectivity index (χ1) is 8.81. The first kappa shape index (κ1) is 15.6. The Morgan fingerprint density at radius 3 is 2.21 bits per heavy atom. The minimum atomic E-state index is -3.87. The summed E-state index contributed by atoms with van der Waals surface area (Å²) in [5, 5.41) is 12.8. The van der Waals surface area contributed by atoms with Crippen LogP contribution in [0.15, 0.2) is 5.03 Å². The van der Waals surface area contributed by atoms with E-state index in [2.05, 4.69) is 5.10 Å². The molecule has 1 rings (SSSR count). The third-order valence-corrected chi connectivity index (χ3v) is 4.95. The average Bonchev–Trinajstić information content (AvgIpc) is 2.68. The van der Waals surface area contributed by atoms with Crippen molar-refractivity contribution in [1.82, 2.24) is 14.1 Å². The Balaban J connectivity index is 3.54. The fraction of sp³-hybridized carbons (Fsp3) is 0.636. The van der Waals surface area contributed by atoms with Gasteiger partial charge in [-0.05, 0) is 13.8 Å². The molecule has 0 amide bonds. The lowest BCUT2D eigenvalue weighted by Crippen LogP contribution is -2.32. The van der Waals surface area contributed by atoms with Gasteiger partial charge in [-0.3, -0.25) is 4.68 Å². The summed E-state index contributed by atoms with van der Waals surface area (Å²) in [6, 6.07) is 0. The van der Waals surface area contributed by atoms with E-state index in [-0.39, 0.29) is 23.7 Å². The SMILES string of the molecule is CCN(CC)S(=O)(=O)c1nn(CC)c(C)c1C(=O)O. The molecule has 1 aromatic heterocycles. The molecule has 0 fully saturated rings. The molecule has 0 spiro atoms. The van der Waals surface area contributed by atoms with E-state index in [0.29, 0.717) is 12.2 Å². The Labute approximate surface area is 112 Å². The van der Waals surface area contributed by atoms with E-state index in [9.17, 15) is 18.3 Å². The normalized spacial score (nSPS) is 12.1. The van der Waals surface area contributed by atoms with Crippen LogP contribution in [0.25, 0.3) is 0 Å². The molecule has 0 aromatic carbocycles. The first-order valence-electron chi connectivity index (χ1n) is 6.11. The highest BCUT2D eigenvalue weighted by molar-refractivity contribution is 7.89. The number of hydrogen-bond donors (Lipinski definition) is 1. The lowest BCUT2D eigenvalue weighted by atomic mass is 10.3. The van der Waals surface area contributed by atoms with Crippen LogP contribution in [0.1, 0.15) is 36.8 Å². The van der Waals surface area contributed by atoms with Gasteiger partial charge in [0.25, 0.3) is 10.0 Å². The molecule has 0 aliphatic carbocycles. The number of rotatable bonds is 6. The van der Waals surface area contributed by atoms with Crippen molar-refractivity contribution in [3.05, 3.63) is 11.3 Å². The largest absolute Gasteiger partial charge is 0.478 e. The molecule has 1 aromatic rings. The van der Waals surface area contributed by atoms with Crippen LogP contribution in [0.2, 0.25) is 0 Å². The summed E-state index contributed by atoms with van der Waals surface area (Å²) in [6.45, 7) is 7.70. The average molecular weight is 289 g/mol. The van der Waals surface area contributed by atoms with Crippen molar-refractivity contribution in [2.24, 2.45) is 0 Å². The van der Waals surface area contributed by atoms with Gasteiger partial charge in [-0.2, -0.15) is 9.40 Å². The standard InChI is InChI=1S/C11H19N3O4S/c1-5-13(6-2)19(17,18)10-9(11(15)16)8(4)14(7-3)12-10/h5-7H2,1-4H3,(H,15,16). The fourth-order valence-corrected chi connectivity index (χ4v) is 3.56. The summed E-state index contributed by atoms with van der Waals surface area (Å²) in [5.41, 5.74) is 0.106. The third kappa shape index (κ3) is 2.64. The summed E-state index contributed by atoms with van der Waals surface area (Å²) in [4.78, 5) is 11.3. The molecule has 19 heavy (non-hydrogen) atoms. The quantitative estimate of drug-likeness (QED) is 0.841. The molecule has 108 valence electrons. The fourth-order valence-electron chi connectivity index (χ4n) is 1.94. The lowest BCUT2D eigenvalue weighted by molar-refractivity contribution is 0.0691. The minimum Gasteiger partial charge on any atom is -0.478 e. The Morgan fingerprint density at radius 2 is 1.84 bits per heavy atom. The summed E-state index contributed by atoms with van der Waals surface area (Å²) >= 11 is 0. The molecule has 0 saturated heterocycles. The highest BCUT2D eigenvalue weighted by Gasteiger charge is 2.33. The van der Waals surface area contributed by atoms with Crippen molar-refractivity contribution < 1.29 is 18.3 Å². The summed E-state index contributed by atoms with van der Waals surface area (Å²) in [5.74, 6) is -1.28. The molecule has 1 heterocycles. The first-order valence-corrected chi connectivity index (χ1v) is 7.56. The smallest absolute Gasteiger partial charge is 0.340 e. The van der Waals surface area contributed by atoms with E-state index in [0.717, 1.165) is 0 Å². The van der Waals surface area contributed by atoms with Crippen molar-refractivity contribution in [2.75, 3.05) is 13.1 Å². The van der Waals surface area contributed by atoms with E-state index < -0.39 is 16.0 Å². The molecule has 0 bridgehead atoms. The monoisotopic (exact) mass is 289 g/mol. The van der Waals surface area contributed by atoms with Crippen molar-refractivity contribution in [2.45, 2.75) is 39.3 Å². The van der Waals surface area contributed by atoms with Crippen LogP contribution in [-0.4, -0.2) is 46.7 Å². The Morgan fingerprint density at radius 1 is 1.32 bits per heavy atom. The molecule has 0 aliphatic rings. The topological polar surface area (TPSA) is 92.5 Å². The molecular formula is C11H19N3O4S. The highest BCUT2D eigenvalue weighted by Crippen LogP contribution is 2.22. The number of carbonyl (C=O) groups is 1. The predicted molar refractivity (Wildman–Crippen MR) is 69.7 cm³/mol. The van der Waals surface area contributed by atoms with Crippen LogP contribution in [0, 0.1) is 6.92 Å². The molecule has 0 saturated carbocycles. The summed E-state index contributed by atoms with van der Waals surface area (Å²) in [7, 11) is -3.87. The summed E-state index contributed by atoms with van der Waals surface area (Å²) in [6.07, 6.45) is 0. The zero-order valence-corrected chi connectivity index (χ0v) is 12.4. The second-order valence-electron chi connectivity index (χ2n) is 3.98. The Hall–Kier alpha value is -1.41. The highest BCUT2D eigenvalue weighted by atomic mass is 32.2. The number of sulfonamides is 1. The zero-order chi connectivity index (χ0) is 14.8. The van der Waals surface area contributed by atoms with Crippen LogP contribution in [0.4, 0.5) is 0 Å². The second-order valence-corrected chi connectivity index (χ2v) is 5.83. The molecule has 0 radical (unpaired) electrons. The predicted octanol–water partition coefficient (Wildman–Crippen LogP) is 0.940. The molecular weight excluding hydrogens is 270 g/mol. The van der Waals surface area contributed by atoms with Gasteiger partial charge in [0.05, 0.1) is 5.69 Å². The number of aryl methyl sites for hydroxylation is 1. The Bertz CT molecular complexity index is 573. The van der Waals surface area contributed by atoms with E-state index in [1.165, 1.54) is 8.99 Å². The second kappa shape index (κ2) is 5.70. The van der Waals surface area contributed by atoms with E-state index >= 15 is 0 Å². The van der Waals surface area contributed by atoms with Crippen molar-refractivity contribution in [1.29, 1.82) is 0 Å². The van der Waals surface area contributed by atoms with Gasteiger partial charge in [0, 0.05) is 19.6 Å². The number of aromatic nitrogens is 2. The molecule has 0 atom stereocenters. The van der Waals surface area contributed by atoms with E-state index in [1.54, 1.807) is 27.7 Å². The zero-order valence-electron chi connectivity index (χ0n) is 11.5. The van der Waals surface area contributed by atoms with Crippen molar-refractivity contribution >= 4 is 16.0 Å². The molecule has 1 N–H and O–H groups in total. The summed E-state index contributed by atoms with van der Waals surface area (Å²) < 4.78 is 27.4. The number of aromatic carboxylic acids is 1. The van der Waals surface area contributed by atoms with Crippen LogP contribution in [0.3, 0.4) is 0 Å². The van der Waals surface area contributed by atoms with Crippen LogP contribution in [-0.2, 0) is 16.6 Å². The number of carboxylic acid groups (broad SMARTS) is 1. The molecule has 7 nitrogen and oxygen atoms in total. The Kier molecular flexibility index (Phi) is 4.70. The van der Waals surface area contributed by atoms with Gasteiger partial charge in [0.1, 0.15) is 5.56 Å². The molecule has 0 unspecified atom stereocenters. The van der Waals surface area contributed by atoms with E-state index in [1.807, 2.05) is 0 Å². The maximum atomic E-state index is 12.4. The molecule has 8 heteroatoms. The third-order valence-electron chi connectivity index (χ3n) is 2.98. The van der Waals surface area contributed by atoms with E-state index in [4.69, 9.17) is 0 Å². The van der Waals surface area contributed by atoms with Crippen LogP contribution >= 0.6 is 0 Å². The van der Waals surface area contributed by atoms with Crippen LogP contribution < -0.4 is 0 Å². The van der Waals surface area contributed by atoms with Gasteiger partial charge >= 0.3 is 5.97 Å². The van der Waals surface area contributed by atoms with Crippen molar-refractivity contribution in [3.63, 3.8) is 0 Å². The van der Waals surface area contributed by atoms with Crippen molar-refractivity contribution in [3.8, 4) is 0 Å². The maximum Gasteiger partial charge on any atom is 0.340 e. The number of carboxylic acids is 1. The maximum absolute atomic E-state index is 12.4. The number of hydrogen-bond acceptors (Lipinski definition) is 4. The van der Waals surface area contributed by atoms with Gasteiger partial charge < -0.3 is 5.11 Å². The lowest BCUT2D eigenvalue weighted by Gasteiger charge is -2.16. The van der Waals surface area contributed by atoms with Gasteiger partial charge in [-0.15, -0.1) is 0 Å². The minimum absolute atomic E-state index is 0.242. The van der Waals surface area contributed by atoms with Gasteiger partial charge in [0.2, 0.25) is 5.03 Å². The molecule has 0 aliphatic heterocycles. The number of nitrogens with zero attached hydrogens (tertiary/aromatic N) is 3. The van der Waals surface area contributed by atoms with Gasteiger partial charge in [-0.1, -0.05) is 13.8 Å². The van der Waals surface area contributed by atoms with Gasteiger partial charge in [-0.25, -0.2) is 13.2 Å². The van der Waals surface area contributed by atoms with Gasteiger partial charge in [0.15, 0.2) is 0 Å². The van der Waals surface area contributed by atoms with Crippen LogP contribution in [0.5, 0.6) is 0 Å².